The van der Waals surface area contributed by atoms with Gasteiger partial charge in [0.05, 0.1) is 6.61 Å². The van der Waals surface area contributed by atoms with Crippen LogP contribution in [-0.2, 0) is 11.3 Å². The third-order valence-electron chi connectivity index (χ3n) is 3.00. The summed E-state index contributed by atoms with van der Waals surface area (Å²) in [5, 5.41) is 0. The normalized spacial score (nSPS) is 10.9. The molecule has 0 heterocycles. The molecule has 0 saturated heterocycles. The molecular weight excluding hydrogens is 240 g/mol. The van der Waals surface area contributed by atoms with Crippen molar-refractivity contribution >= 4 is 0 Å². The fourth-order valence-electron chi connectivity index (χ4n) is 1.84. The Morgan fingerprint density at radius 1 is 1.05 bits per heavy atom. The predicted molar refractivity (Wildman–Crippen MR) is 78.4 cm³/mol. The summed E-state index contributed by atoms with van der Waals surface area (Å²) >= 11 is 0. The zero-order valence-corrected chi connectivity index (χ0v) is 12.1. The second-order valence-electron chi connectivity index (χ2n) is 4.70. The van der Waals surface area contributed by atoms with Gasteiger partial charge < -0.3 is 20.1 Å². The molecule has 2 N–H and O–H groups in total. The van der Waals surface area contributed by atoms with E-state index >= 15 is 0 Å². The van der Waals surface area contributed by atoms with E-state index in [1.54, 1.807) is 7.11 Å². The maximum absolute atomic E-state index is 5.69. The van der Waals surface area contributed by atoms with Gasteiger partial charge >= 0.3 is 0 Å². The van der Waals surface area contributed by atoms with Gasteiger partial charge in [-0.2, -0.15) is 0 Å². The molecule has 1 aromatic rings. The largest absolute Gasteiger partial charge is 0.494 e. The van der Waals surface area contributed by atoms with E-state index in [0.717, 1.165) is 50.5 Å². The molecule has 0 unspecified atom stereocenters. The van der Waals surface area contributed by atoms with Gasteiger partial charge in [0.1, 0.15) is 5.75 Å². The molecule has 1 rings (SSSR count). The fraction of sp³-hybridized carbons (Fsp3) is 0.600. The maximum Gasteiger partial charge on any atom is 0.119 e. The molecule has 108 valence electrons. The van der Waals surface area contributed by atoms with Crippen LogP contribution in [0.25, 0.3) is 0 Å². The molecule has 4 nitrogen and oxygen atoms in total. The number of rotatable bonds is 10. The van der Waals surface area contributed by atoms with Crippen LogP contribution in [0.15, 0.2) is 24.3 Å². The molecule has 0 aliphatic carbocycles. The SMILES string of the molecule is COCCCN(C)CCCOc1ccc(CN)cc1. The third-order valence-corrected chi connectivity index (χ3v) is 3.00. The minimum atomic E-state index is 0.576. The van der Waals surface area contributed by atoms with Crippen LogP contribution in [0.4, 0.5) is 0 Å². The van der Waals surface area contributed by atoms with E-state index < -0.39 is 0 Å². The van der Waals surface area contributed by atoms with Crippen LogP contribution in [0.2, 0.25) is 0 Å². The zero-order valence-electron chi connectivity index (χ0n) is 12.1. The van der Waals surface area contributed by atoms with Crippen molar-refractivity contribution in [3.8, 4) is 5.75 Å². The van der Waals surface area contributed by atoms with Crippen LogP contribution in [0.5, 0.6) is 5.75 Å². The average molecular weight is 266 g/mol. The van der Waals surface area contributed by atoms with Crippen molar-refractivity contribution in [1.82, 2.24) is 4.90 Å². The molecule has 0 fully saturated rings. The molecule has 0 bridgehead atoms. The van der Waals surface area contributed by atoms with Gasteiger partial charge in [0.15, 0.2) is 0 Å². The smallest absolute Gasteiger partial charge is 0.119 e. The van der Waals surface area contributed by atoms with Crippen molar-refractivity contribution in [2.24, 2.45) is 5.73 Å². The monoisotopic (exact) mass is 266 g/mol. The second kappa shape index (κ2) is 9.78. The predicted octanol–water partition coefficient (Wildman–Crippen LogP) is 1.88. The first-order chi connectivity index (χ1) is 9.26. The lowest BCUT2D eigenvalue weighted by molar-refractivity contribution is 0.176. The van der Waals surface area contributed by atoms with Crippen LogP contribution in [0, 0.1) is 0 Å². The Labute approximate surface area is 116 Å². The van der Waals surface area contributed by atoms with Crippen molar-refractivity contribution in [1.29, 1.82) is 0 Å². The van der Waals surface area contributed by atoms with E-state index in [4.69, 9.17) is 15.2 Å². The van der Waals surface area contributed by atoms with E-state index in [1.165, 1.54) is 0 Å². The van der Waals surface area contributed by atoms with Crippen LogP contribution in [-0.4, -0.2) is 45.4 Å². The first-order valence-electron chi connectivity index (χ1n) is 6.85. The van der Waals surface area contributed by atoms with Gasteiger partial charge in [-0.05, 0) is 37.6 Å². The molecule has 0 aliphatic rings. The van der Waals surface area contributed by atoms with E-state index in [0.29, 0.717) is 6.54 Å². The molecule has 0 spiro atoms. The Bertz CT molecular complexity index is 327. The summed E-state index contributed by atoms with van der Waals surface area (Å²) in [5.74, 6) is 0.916. The summed E-state index contributed by atoms with van der Waals surface area (Å²) in [7, 11) is 3.87. The molecule has 0 atom stereocenters. The molecule has 0 amide bonds. The van der Waals surface area contributed by atoms with Crippen LogP contribution >= 0.6 is 0 Å². The quantitative estimate of drug-likeness (QED) is 0.657. The highest BCUT2D eigenvalue weighted by Crippen LogP contribution is 2.11. The van der Waals surface area contributed by atoms with Crippen molar-refractivity contribution < 1.29 is 9.47 Å². The van der Waals surface area contributed by atoms with Gasteiger partial charge in [0.25, 0.3) is 0 Å². The second-order valence-corrected chi connectivity index (χ2v) is 4.70. The summed E-state index contributed by atoms with van der Waals surface area (Å²) < 4.78 is 10.7. The van der Waals surface area contributed by atoms with Crippen molar-refractivity contribution in [2.45, 2.75) is 19.4 Å². The van der Waals surface area contributed by atoms with E-state index in [-0.39, 0.29) is 0 Å². The molecule has 0 saturated carbocycles. The lowest BCUT2D eigenvalue weighted by Gasteiger charge is -2.16. The summed E-state index contributed by atoms with van der Waals surface area (Å²) in [6.07, 6.45) is 2.11. The lowest BCUT2D eigenvalue weighted by Crippen LogP contribution is -2.23. The van der Waals surface area contributed by atoms with Gasteiger partial charge in [-0.3, -0.25) is 0 Å². The van der Waals surface area contributed by atoms with Crippen molar-refractivity contribution in [3.63, 3.8) is 0 Å². The number of benzene rings is 1. The van der Waals surface area contributed by atoms with E-state index in [2.05, 4.69) is 11.9 Å². The zero-order chi connectivity index (χ0) is 13.9. The number of methoxy groups -OCH3 is 1. The number of hydrogen-bond acceptors (Lipinski definition) is 4. The Morgan fingerprint density at radius 3 is 2.26 bits per heavy atom. The minimum absolute atomic E-state index is 0.576. The molecule has 0 aliphatic heterocycles. The number of ether oxygens (including phenoxy) is 2. The fourth-order valence-corrected chi connectivity index (χ4v) is 1.84. The topological polar surface area (TPSA) is 47.7 Å². The van der Waals surface area contributed by atoms with Crippen molar-refractivity contribution in [3.05, 3.63) is 29.8 Å². The maximum atomic E-state index is 5.69. The highest BCUT2D eigenvalue weighted by molar-refractivity contribution is 5.26. The first-order valence-corrected chi connectivity index (χ1v) is 6.85. The van der Waals surface area contributed by atoms with E-state index in [1.807, 2.05) is 24.3 Å². The highest BCUT2D eigenvalue weighted by atomic mass is 16.5. The van der Waals surface area contributed by atoms with Crippen LogP contribution in [0.1, 0.15) is 18.4 Å². The minimum Gasteiger partial charge on any atom is -0.494 e. The summed E-state index contributed by atoms with van der Waals surface area (Å²) in [6, 6.07) is 7.97. The summed E-state index contributed by atoms with van der Waals surface area (Å²) in [5.41, 5.74) is 6.68. The number of nitrogens with zero attached hydrogens (tertiary/aromatic N) is 1. The summed E-state index contributed by atoms with van der Waals surface area (Å²) in [6.45, 7) is 4.26. The molecule has 19 heavy (non-hydrogen) atoms. The Balaban J connectivity index is 2.09. The van der Waals surface area contributed by atoms with E-state index in [9.17, 15) is 0 Å². The Kier molecular flexibility index (Phi) is 8.21. The Morgan fingerprint density at radius 2 is 1.68 bits per heavy atom. The standard InChI is InChI=1S/C15H26N2O2/c1-17(9-3-11-18-2)10-4-12-19-15-7-5-14(13-16)6-8-15/h5-8H,3-4,9-13,16H2,1-2H3. The van der Waals surface area contributed by atoms with Crippen LogP contribution in [0.3, 0.4) is 0 Å². The van der Waals surface area contributed by atoms with Gasteiger partial charge in [0, 0.05) is 33.4 Å². The lowest BCUT2D eigenvalue weighted by atomic mass is 10.2. The van der Waals surface area contributed by atoms with Gasteiger partial charge in [-0.25, -0.2) is 0 Å². The molecular formula is C15H26N2O2. The average Bonchev–Trinajstić information content (AvgIpc) is 2.44. The molecule has 0 radical (unpaired) electrons. The first kappa shape index (κ1) is 16.0. The number of nitrogens with two attached hydrogens (primary N) is 1. The molecule has 0 aromatic heterocycles. The summed E-state index contributed by atoms with van der Waals surface area (Å²) in [4.78, 5) is 2.31. The van der Waals surface area contributed by atoms with Gasteiger partial charge in [-0.1, -0.05) is 12.1 Å². The number of hydrogen-bond donors (Lipinski definition) is 1. The molecule has 4 heteroatoms. The highest BCUT2D eigenvalue weighted by Gasteiger charge is 1.99. The van der Waals surface area contributed by atoms with Crippen molar-refractivity contribution in [2.75, 3.05) is 40.5 Å². The third kappa shape index (κ3) is 7.15. The Hall–Kier alpha value is -1.10. The van der Waals surface area contributed by atoms with Gasteiger partial charge in [0.2, 0.25) is 0 Å². The van der Waals surface area contributed by atoms with Crippen LogP contribution < -0.4 is 10.5 Å². The van der Waals surface area contributed by atoms with Gasteiger partial charge in [-0.15, -0.1) is 0 Å². The molecule has 1 aromatic carbocycles.